The van der Waals surface area contributed by atoms with Gasteiger partial charge in [-0.2, -0.15) is 0 Å². The number of nitrogens with zero attached hydrogens (tertiary/aromatic N) is 2. The molecular weight excluding hydrogens is 368 g/mol. The largest absolute Gasteiger partial charge is 0.504 e. The second-order valence-corrected chi connectivity index (χ2v) is 7.68. The van der Waals surface area contributed by atoms with Gasteiger partial charge in [0.2, 0.25) is 0 Å². The van der Waals surface area contributed by atoms with Gasteiger partial charge >= 0.3 is 0 Å². The van der Waals surface area contributed by atoms with Crippen molar-refractivity contribution in [3.05, 3.63) is 53.1 Å². The summed E-state index contributed by atoms with van der Waals surface area (Å²) in [6.07, 6.45) is 0.754. The summed E-state index contributed by atoms with van der Waals surface area (Å²) in [5, 5.41) is 19.4. The van der Waals surface area contributed by atoms with E-state index in [9.17, 15) is 10.2 Å². The first-order valence-corrected chi connectivity index (χ1v) is 10.1. The maximum atomic E-state index is 9.80. The molecule has 2 aromatic carbocycles. The van der Waals surface area contributed by atoms with Crippen molar-refractivity contribution in [2.75, 3.05) is 40.5 Å². The number of aryl methyl sites for hydroxylation is 1. The highest BCUT2D eigenvalue weighted by Gasteiger charge is 2.27. The molecule has 158 valence electrons. The Morgan fingerprint density at radius 1 is 0.966 bits per heavy atom. The number of hydrogen-bond acceptors (Lipinski definition) is 6. The van der Waals surface area contributed by atoms with E-state index in [4.69, 9.17) is 9.47 Å². The molecule has 2 N–H and O–H groups in total. The number of ether oxygens (including phenoxy) is 2. The molecule has 1 saturated heterocycles. The third-order valence-electron chi connectivity index (χ3n) is 5.65. The number of phenols is 1. The number of aromatic hydroxyl groups is 1. The summed E-state index contributed by atoms with van der Waals surface area (Å²) < 4.78 is 10.6. The van der Waals surface area contributed by atoms with Gasteiger partial charge in [-0.05, 0) is 48.2 Å². The van der Waals surface area contributed by atoms with Crippen LogP contribution in [-0.4, -0.2) is 66.5 Å². The first-order valence-electron chi connectivity index (χ1n) is 10.1. The average molecular weight is 401 g/mol. The molecule has 29 heavy (non-hydrogen) atoms. The Labute approximate surface area is 173 Å². The van der Waals surface area contributed by atoms with Crippen LogP contribution in [0.1, 0.15) is 23.1 Å². The van der Waals surface area contributed by atoms with E-state index in [0.29, 0.717) is 11.8 Å². The van der Waals surface area contributed by atoms with Crippen molar-refractivity contribution in [2.45, 2.75) is 32.5 Å². The zero-order chi connectivity index (χ0) is 20.8. The van der Waals surface area contributed by atoms with Gasteiger partial charge in [-0.1, -0.05) is 18.2 Å². The molecule has 1 fully saturated rings. The topological polar surface area (TPSA) is 65.4 Å². The summed E-state index contributed by atoms with van der Waals surface area (Å²) >= 11 is 0. The smallest absolute Gasteiger partial charge is 0.160 e. The lowest BCUT2D eigenvalue weighted by Gasteiger charge is -2.41. The van der Waals surface area contributed by atoms with Crippen LogP contribution in [0, 0.1) is 6.92 Å². The average Bonchev–Trinajstić information content (AvgIpc) is 2.71. The fourth-order valence-corrected chi connectivity index (χ4v) is 4.08. The molecule has 1 heterocycles. The highest BCUT2D eigenvalue weighted by Crippen LogP contribution is 2.28. The van der Waals surface area contributed by atoms with Gasteiger partial charge in [-0.3, -0.25) is 9.80 Å². The van der Waals surface area contributed by atoms with Gasteiger partial charge in [0.25, 0.3) is 0 Å². The number of phenolic OH excluding ortho intramolecular Hbond substituents is 1. The molecule has 0 aliphatic carbocycles. The highest BCUT2D eigenvalue weighted by molar-refractivity contribution is 5.41. The summed E-state index contributed by atoms with van der Waals surface area (Å²) in [6.45, 7) is 6.73. The molecular formula is C23H32N2O4. The summed E-state index contributed by atoms with van der Waals surface area (Å²) in [5.41, 5.74) is 3.52. The standard InChI is InChI=1S/C23H32N2O4/c1-17-12-18(5-7-22(17)28-2)15-25-10-9-24(16-20(25)8-11-26)14-19-4-6-21(27)23(13-19)29-3/h4-7,12-13,20,26-27H,8-11,14-16H2,1-3H3/t20-/m1/s1. The van der Waals surface area contributed by atoms with Crippen LogP contribution in [-0.2, 0) is 13.1 Å². The minimum Gasteiger partial charge on any atom is -0.504 e. The van der Waals surface area contributed by atoms with Gasteiger partial charge in [0.05, 0.1) is 14.2 Å². The quantitative estimate of drug-likeness (QED) is 0.710. The van der Waals surface area contributed by atoms with Gasteiger partial charge in [-0.25, -0.2) is 0 Å². The minimum atomic E-state index is 0.161. The number of benzene rings is 2. The van der Waals surface area contributed by atoms with Crippen molar-refractivity contribution in [2.24, 2.45) is 0 Å². The maximum Gasteiger partial charge on any atom is 0.160 e. The summed E-state index contributed by atoms with van der Waals surface area (Å²) in [4.78, 5) is 4.87. The Hall–Kier alpha value is -2.28. The Morgan fingerprint density at radius 3 is 2.38 bits per heavy atom. The second kappa shape index (κ2) is 9.96. The Kier molecular flexibility index (Phi) is 7.36. The predicted molar refractivity (Wildman–Crippen MR) is 114 cm³/mol. The van der Waals surface area contributed by atoms with E-state index in [-0.39, 0.29) is 12.4 Å². The van der Waals surface area contributed by atoms with Crippen molar-refractivity contribution in [3.63, 3.8) is 0 Å². The number of aliphatic hydroxyl groups is 1. The van der Waals surface area contributed by atoms with E-state index in [1.165, 1.54) is 5.56 Å². The maximum absolute atomic E-state index is 9.80. The van der Waals surface area contributed by atoms with Crippen LogP contribution in [0.25, 0.3) is 0 Å². The number of methoxy groups -OCH3 is 2. The molecule has 0 saturated carbocycles. The third kappa shape index (κ3) is 5.41. The molecule has 0 radical (unpaired) electrons. The summed E-state index contributed by atoms with van der Waals surface area (Å²) in [7, 11) is 3.26. The molecule has 1 aliphatic heterocycles. The number of rotatable bonds is 8. The highest BCUT2D eigenvalue weighted by atomic mass is 16.5. The molecule has 0 aromatic heterocycles. The van der Waals surface area contributed by atoms with Crippen LogP contribution in [0.4, 0.5) is 0 Å². The third-order valence-corrected chi connectivity index (χ3v) is 5.65. The Bertz CT molecular complexity index is 811. The fraction of sp³-hybridized carbons (Fsp3) is 0.478. The van der Waals surface area contributed by atoms with Gasteiger partial charge in [0.15, 0.2) is 11.5 Å². The van der Waals surface area contributed by atoms with Crippen molar-refractivity contribution in [1.29, 1.82) is 0 Å². The summed E-state index contributed by atoms with van der Waals surface area (Å²) in [5.74, 6) is 1.58. The van der Waals surface area contributed by atoms with E-state index < -0.39 is 0 Å². The molecule has 6 heteroatoms. The zero-order valence-electron chi connectivity index (χ0n) is 17.6. The van der Waals surface area contributed by atoms with E-state index in [0.717, 1.165) is 56.0 Å². The normalized spacial score (nSPS) is 18.0. The van der Waals surface area contributed by atoms with Crippen molar-refractivity contribution in [3.8, 4) is 17.2 Å². The van der Waals surface area contributed by atoms with Crippen LogP contribution in [0.2, 0.25) is 0 Å². The molecule has 0 amide bonds. The zero-order valence-corrected chi connectivity index (χ0v) is 17.6. The lowest BCUT2D eigenvalue weighted by atomic mass is 10.0. The lowest BCUT2D eigenvalue weighted by Crippen LogP contribution is -2.52. The molecule has 6 nitrogen and oxygen atoms in total. The van der Waals surface area contributed by atoms with Gasteiger partial charge in [0.1, 0.15) is 5.75 Å². The van der Waals surface area contributed by atoms with E-state index in [1.54, 1.807) is 20.3 Å². The molecule has 0 bridgehead atoms. The number of hydrogen-bond donors (Lipinski definition) is 2. The number of aliphatic hydroxyl groups excluding tert-OH is 1. The minimum absolute atomic E-state index is 0.161. The van der Waals surface area contributed by atoms with Crippen LogP contribution < -0.4 is 9.47 Å². The Morgan fingerprint density at radius 2 is 1.69 bits per heavy atom. The SMILES string of the molecule is COc1ccc(CN2CCN(Cc3ccc(O)c(OC)c3)C[C@H]2CCO)cc1C. The summed E-state index contributed by atoms with van der Waals surface area (Å²) in [6, 6.07) is 12.1. The Balaban J connectivity index is 1.65. The van der Waals surface area contributed by atoms with Crippen molar-refractivity contribution >= 4 is 0 Å². The van der Waals surface area contributed by atoms with Gasteiger partial charge in [0, 0.05) is 45.4 Å². The molecule has 1 atom stereocenters. The molecule has 3 rings (SSSR count). The van der Waals surface area contributed by atoms with E-state index in [2.05, 4.69) is 28.9 Å². The van der Waals surface area contributed by atoms with Crippen molar-refractivity contribution in [1.82, 2.24) is 9.80 Å². The monoisotopic (exact) mass is 400 g/mol. The predicted octanol–water partition coefficient (Wildman–Crippen LogP) is 2.79. The van der Waals surface area contributed by atoms with E-state index >= 15 is 0 Å². The fourth-order valence-electron chi connectivity index (χ4n) is 4.08. The van der Waals surface area contributed by atoms with Crippen LogP contribution in [0.5, 0.6) is 17.2 Å². The lowest BCUT2D eigenvalue weighted by molar-refractivity contribution is 0.0499. The molecule has 0 unspecified atom stereocenters. The first kappa shape index (κ1) is 21.4. The molecule has 0 spiro atoms. The van der Waals surface area contributed by atoms with Crippen LogP contribution in [0.3, 0.4) is 0 Å². The molecule has 1 aliphatic rings. The first-order chi connectivity index (χ1) is 14.0. The second-order valence-electron chi connectivity index (χ2n) is 7.68. The van der Waals surface area contributed by atoms with Crippen LogP contribution in [0.15, 0.2) is 36.4 Å². The van der Waals surface area contributed by atoms with Gasteiger partial charge in [-0.15, -0.1) is 0 Å². The molecule has 2 aromatic rings. The van der Waals surface area contributed by atoms with Crippen LogP contribution >= 0.6 is 0 Å². The number of piperazine rings is 1. The van der Waals surface area contributed by atoms with Crippen molar-refractivity contribution < 1.29 is 19.7 Å². The van der Waals surface area contributed by atoms with Gasteiger partial charge < -0.3 is 19.7 Å². The van der Waals surface area contributed by atoms with E-state index in [1.807, 2.05) is 18.2 Å².